The standard InChI is InChI=1S/C24H30ClN3O2/c1-18-14-19(15-21-4-2-3-5-22(21)25)16-23(26-18)20-6-8-28(9-7-20)24(29)17-27-10-12-30-13-11-27/h2-5,14,16,20H,6-13,15,17H2,1H3. The first-order chi connectivity index (χ1) is 14.6. The van der Waals surface area contributed by atoms with E-state index in [1.165, 1.54) is 5.56 Å². The molecule has 4 rings (SSSR count). The van der Waals surface area contributed by atoms with Gasteiger partial charge in [0, 0.05) is 48.5 Å². The number of hydrogen-bond acceptors (Lipinski definition) is 4. The monoisotopic (exact) mass is 427 g/mol. The Morgan fingerprint density at radius 1 is 1.13 bits per heavy atom. The molecule has 1 aromatic heterocycles. The van der Waals surface area contributed by atoms with Crippen LogP contribution < -0.4 is 0 Å². The number of ether oxygens (including phenoxy) is 1. The minimum atomic E-state index is 0.243. The average Bonchev–Trinajstić information content (AvgIpc) is 2.76. The summed E-state index contributed by atoms with van der Waals surface area (Å²) in [5.41, 5.74) is 4.58. The second kappa shape index (κ2) is 9.90. The molecule has 0 unspecified atom stereocenters. The molecule has 5 nitrogen and oxygen atoms in total. The van der Waals surface area contributed by atoms with Gasteiger partial charge >= 0.3 is 0 Å². The highest BCUT2D eigenvalue weighted by atomic mass is 35.5. The predicted molar refractivity (Wildman–Crippen MR) is 119 cm³/mol. The highest BCUT2D eigenvalue weighted by Crippen LogP contribution is 2.29. The maximum absolute atomic E-state index is 12.7. The van der Waals surface area contributed by atoms with Gasteiger partial charge in [-0.3, -0.25) is 14.7 Å². The molecule has 0 aliphatic carbocycles. The van der Waals surface area contributed by atoms with Crippen molar-refractivity contribution in [2.45, 2.75) is 32.1 Å². The van der Waals surface area contributed by atoms with Crippen LogP contribution in [0.25, 0.3) is 0 Å². The molecule has 160 valence electrons. The number of pyridine rings is 1. The van der Waals surface area contributed by atoms with Gasteiger partial charge in [0.15, 0.2) is 0 Å². The molecule has 30 heavy (non-hydrogen) atoms. The number of aryl methyl sites for hydroxylation is 1. The highest BCUT2D eigenvalue weighted by Gasteiger charge is 2.26. The van der Waals surface area contributed by atoms with Gasteiger partial charge in [-0.1, -0.05) is 29.8 Å². The Morgan fingerprint density at radius 2 is 1.87 bits per heavy atom. The van der Waals surface area contributed by atoms with Gasteiger partial charge in [-0.05, 0) is 55.5 Å². The number of carbonyl (C=O) groups is 1. The van der Waals surface area contributed by atoms with Crippen molar-refractivity contribution in [3.05, 3.63) is 63.9 Å². The predicted octanol–water partition coefficient (Wildman–Crippen LogP) is 3.67. The van der Waals surface area contributed by atoms with Gasteiger partial charge in [-0.15, -0.1) is 0 Å². The van der Waals surface area contributed by atoms with E-state index in [2.05, 4.69) is 30.0 Å². The van der Waals surface area contributed by atoms with Crippen molar-refractivity contribution in [2.75, 3.05) is 45.9 Å². The number of amides is 1. The Bertz CT molecular complexity index is 875. The minimum Gasteiger partial charge on any atom is -0.379 e. The highest BCUT2D eigenvalue weighted by molar-refractivity contribution is 6.31. The molecule has 0 atom stereocenters. The number of likely N-dealkylation sites (tertiary alicyclic amines) is 1. The van der Waals surface area contributed by atoms with Crippen molar-refractivity contribution in [3.8, 4) is 0 Å². The van der Waals surface area contributed by atoms with E-state index in [0.717, 1.165) is 80.6 Å². The zero-order valence-electron chi connectivity index (χ0n) is 17.6. The van der Waals surface area contributed by atoms with Gasteiger partial charge in [0.1, 0.15) is 0 Å². The second-order valence-electron chi connectivity index (χ2n) is 8.35. The summed E-state index contributed by atoms with van der Waals surface area (Å²) >= 11 is 6.35. The van der Waals surface area contributed by atoms with Gasteiger partial charge in [0.25, 0.3) is 0 Å². The number of piperidine rings is 1. The van der Waals surface area contributed by atoms with Crippen molar-refractivity contribution in [2.24, 2.45) is 0 Å². The van der Waals surface area contributed by atoms with Crippen LogP contribution in [0.3, 0.4) is 0 Å². The third-order valence-electron chi connectivity index (χ3n) is 6.11. The van der Waals surface area contributed by atoms with E-state index in [1.54, 1.807) is 0 Å². The first kappa shape index (κ1) is 21.3. The summed E-state index contributed by atoms with van der Waals surface area (Å²) in [6.07, 6.45) is 2.75. The smallest absolute Gasteiger partial charge is 0.236 e. The maximum atomic E-state index is 12.7. The van der Waals surface area contributed by atoms with Crippen LogP contribution in [-0.4, -0.2) is 66.6 Å². The molecular formula is C24H30ClN3O2. The lowest BCUT2D eigenvalue weighted by atomic mass is 9.91. The molecule has 2 aliphatic heterocycles. The van der Waals surface area contributed by atoms with Crippen molar-refractivity contribution in [3.63, 3.8) is 0 Å². The molecule has 0 bridgehead atoms. The van der Waals surface area contributed by atoms with E-state index in [9.17, 15) is 4.79 Å². The molecule has 0 N–H and O–H groups in total. The van der Waals surface area contributed by atoms with E-state index in [4.69, 9.17) is 21.3 Å². The van der Waals surface area contributed by atoms with Crippen LogP contribution in [0.5, 0.6) is 0 Å². The molecule has 2 aliphatic rings. The fraction of sp³-hybridized carbons (Fsp3) is 0.500. The summed E-state index contributed by atoms with van der Waals surface area (Å²) in [6.45, 7) is 7.34. The van der Waals surface area contributed by atoms with Crippen LogP contribution in [0.4, 0.5) is 0 Å². The lowest BCUT2D eigenvalue weighted by Gasteiger charge is -2.34. The lowest BCUT2D eigenvalue weighted by Crippen LogP contribution is -2.46. The summed E-state index contributed by atoms with van der Waals surface area (Å²) in [6, 6.07) is 12.4. The summed E-state index contributed by atoms with van der Waals surface area (Å²) in [4.78, 5) is 21.7. The van der Waals surface area contributed by atoms with E-state index in [-0.39, 0.29) is 5.91 Å². The lowest BCUT2D eigenvalue weighted by molar-refractivity contribution is -0.134. The van der Waals surface area contributed by atoms with E-state index < -0.39 is 0 Å². The Morgan fingerprint density at radius 3 is 2.60 bits per heavy atom. The molecule has 0 spiro atoms. The van der Waals surface area contributed by atoms with E-state index >= 15 is 0 Å². The zero-order chi connectivity index (χ0) is 20.9. The number of nitrogens with zero attached hydrogens (tertiary/aromatic N) is 3. The van der Waals surface area contributed by atoms with Crippen LogP contribution in [-0.2, 0) is 16.0 Å². The van der Waals surface area contributed by atoms with E-state index in [1.807, 2.05) is 23.1 Å². The molecule has 0 saturated carbocycles. The molecule has 2 fully saturated rings. The normalized spacial score (nSPS) is 18.5. The molecule has 3 heterocycles. The quantitative estimate of drug-likeness (QED) is 0.730. The van der Waals surface area contributed by atoms with Gasteiger partial charge in [0.2, 0.25) is 5.91 Å². The SMILES string of the molecule is Cc1cc(Cc2ccccc2Cl)cc(C2CCN(C(=O)CN3CCOCC3)CC2)n1. The summed E-state index contributed by atoms with van der Waals surface area (Å²) in [5, 5.41) is 0.806. The fourth-order valence-electron chi connectivity index (χ4n) is 4.42. The number of benzene rings is 1. The topological polar surface area (TPSA) is 45.7 Å². The molecule has 2 saturated heterocycles. The van der Waals surface area contributed by atoms with Gasteiger partial charge in [0.05, 0.1) is 19.8 Å². The maximum Gasteiger partial charge on any atom is 0.236 e. The number of carbonyl (C=O) groups excluding carboxylic acids is 1. The number of rotatable bonds is 5. The third-order valence-corrected chi connectivity index (χ3v) is 6.48. The van der Waals surface area contributed by atoms with Crippen LogP contribution in [0.15, 0.2) is 36.4 Å². The van der Waals surface area contributed by atoms with Gasteiger partial charge < -0.3 is 9.64 Å². The zero-order valence-corrected chi connectivity index (χ0v) is 18.4. The van der Waals surface area contributed by atoms with Gasteiger partial charge in [-0.25, -0.2) is 0 Å². The summed E-state index contributed by atoms with van der Waals surface area (Å²) < 4.78 is 5.37. The Balaban J connectivity index is 1.36. The minimum absolute atomic E-state index is 0.243. The number of morpholine rings is 1. The van der Waals surface area contributed by atoms with Crippen molar-refractivity contribution >= 4 is 17.5 Å². The second-order valence-corrected chi connectivity index (χ2v) is 8.76. The first-order valence-electron chi connectivity index (χ1n) is 10.9. The molecule has 1 aromatic carbocycles. The van der Waals surface area contributed by atoms with E-state index in [0.29, 0.717) is 12.5 Å². The molecule has 6 heteroatoms. The Hall–Kier alpha value is -1.95. The summed E-state index contributed by atoms with van der Waals surface area (Å²) in [7, 11) is 0. The Kier molecular flexibility index (Phi) is 7.03. The first-order valence-corrected chi connectivity index (χ1v) is 11.2. The van der Waals surface area contributed by atoms with Crippen molar-refractivity contribution < 1.29 is 9.53 Å². The number of aromatic nitrogens is 1. The fourth-order valence-corrected chi connectivity index (χ4v) is 4.62. The van der Waals surface area contributed by atoms with Crippen LogP contribution in [0.2, 0.25) is 5.02 Å². The van der Waals surface area contributed by atoms with Crippen molar-refractivity contribution in [1.29, 1.82) is 0 Å². The van der Waals surface area contributed by atoms with Crippen LogP contribution in [0.1, 0.15) is 41.3 Å². The summed E-state index contributed by atoms with van der Waals surface area (Å²) in [5.74, 6) is 0.647. The van der Waals surface area contributed by atoms with Crippen LogP contribution in [0, 0.1) is 6.92 Å². The molecule has 0 radical (unpaired) electrons. The van der Waals surface area contributed by atoms with Gasteiger partial charge in [-0.2, -0.15) is 0 Å². The Labute approximate surface area is 184 Å². The third kappa shape index (κ3) is 5.39. The van der Waals surface area contributed by atoms with Crippen molar-refractivity contribution in [1.82, 2.24) is 14.8 Å². The molecule has 1 amide bonds. The average molecular weight is 428 g/mol. The molecular weight excluding hydrogens is 398 g/mol. The number of hydrogen-bond donors (Lipinski definition) is 0. The number of halogens is 1. The largest absolute Gasteiger partial charge is 0.379 e. The molecule has 2 aromatic rings. The van der Waals surface area contributed by atoms with Crippen LogP contribution >= 0.6 is 11.6 Å².